The van der Waals surface area contributed by atoms with E-state index in [0.717, 1.165) is 0 Å². The third-order valence-electron chi connectivity index (χ3n) is 3.67. The first-order chi connectivity index (χ1) is 11.6. The van der Waals surface area contributed by atoms with E-state index in [1.807, 2.05) is 0 Å². The van der Waals surface area contributed by atoms with Crippen LogP contribution in [0.4, 0.5) is 0 Å². The van der Waals surface area contributed by atoms with Gasteiger partial charge in [-0.05, 0) is 23.8 Å². The van der Waals surface area contributed by atoms with Crippen LogP contribution in [0.2, 0.25) is 0 Å². The van der Waals surface area contributed by atoms with Crippen molar-refractivity contribution in [2.45, 2.75) is 0 Å². The molecular weight excluding hydrogens is 312 g/mol. The van der Waals surface area contributed by atoms with Crippen LogP contribution in [0.25, 0.3) is 6.08 Å². The van der Waals surface area contributed by atoms with Gasteiger partial charge in [0.05, 0.1) is 21.3 Å². The lowest BCUT2D eigenvalue weighted by molar-refractivity contribution is 0.101. The number of ether oxygens (including phenoxy) is 4. The summed E-state index contributed by atoms with van der Waals surface area (Å²) in [6.45, 7) is 0. The summed E-state index contributed by atoms with van der Waals surface area (Å²) in [6.07, 6.45) is 1.58. The van der Waals surface area contributed by atoms with Crippen LogP contribution >= 0.6 is 0 Å². The van der Waals surface area contributed by atoms with Crippen molar-refractivity contribution in [3.8, 4) is 28.7 Å². The average Bonchev–Trinajstić information content (AvgIpc) is 2.91. The number of rotatable bonds is 4. The van der Waals surface area contributed by atoms with Gasteiger partial charge in [0.15, 0.2) is 17.3 Å². The molecule has 2 aromatic carbocycles. The fraction of sp³-hybridized carbons (Fsp3) is 0.167. The van der Waals surface area contributed by atoms with E-state index in [4.69, 9.17) is 18.9 Å². The van der Waals surface area contributed by atoms with E-state index in [9.17, 15) is 9.90 Å². The van der Waals surface area contributed by atoms with Gasteiger partial charge in [-0.1, -0.05) is 6.07 Å². The fourth-order valence-corrected chi connectivity index (χ4v) is 2.47. The van der Waals surface area contributed by atoms with Gasteiger partial charge >= 0.3 is 0 Å². The minimum absolute atomic E-state index is 0.0213. The highest BCUT2D eigenvalue weighted by atomic mass is 16.5. The summed E-state index contributed by atoms with van der Waals surface area (Å²) < 4.78 is 21.2. The molecule has 1 aliphatic heterocycles. The Morgan fingerprint density at radius 3 is 2.42 bits per heavy atom. The summed E-state index contributed by atoms with van der Waals surface area (Å²) in [4.78, 5) is 12.6. The van der Waals surface area contributed by atoms with E-state index in [1.54, 1.807) is 30.3 Å². The number of benzene rings is 2. The van der Waals surface area contributed by atoms with E-state index in [2.05, 4.69) is 0 Å². The van der Waals surface area contributed by atoms with Crippen LogP contribution in [0, 0.1) is 0 Å². The van der Waals surface area contributed by atoms with Gasteiger partial charge < -0.3 is 24.1 Å². The monoisotopic (exact) mass is 328 g/mol. The number of Topliss-reactive ketones (excluding diaryl/α,β-unsaturated/α-hetero) is 1. The number of carbonyl (C=O) groups excluding carboxylic acids is 1. The predicted molar refractivity (Wildman–Crippen MR) is 87.1 cm³/mol. The van der Waals surface area contributed by atoms with Gasteiger partial charge in [0.1, 0.15) is 22.8 Å². The molecular formula is C18H16O6. The van der Waals surface area contributed by atoms with E-state index in [1.165, 1.54) is 27.4 Å². The molecule has 0 saturated heterocycles. The van der Waals surface area contributed by atoms with Crippen molar-refractivity contribution in [1.29, 1.82) is 0 Å². The van der Waals surface area contributed by atoms with E-state index in [0.29, 0.717) is 34.1 Å². The summed E-state index contributed by atoms with van der Waals surface area (Å²) in [5, 5.41) is 9.64. The molecule has 0 atom stereocenters. The Balaban J connectivity index is 2.02. The van der Waals surface area contributed by atoms with Crippen LogP contribution < -0.4 is 18.9 Å². The van der Waals surface area contributed by atoms with Gasteiger partial charge in [-0.3, -0.25) is 4.79 Å². The number of fused-ring (bicyclic) bond motifs is 1. The van der Waals surface area contributed by atoms with Crippen molar-refractivity contribution in [2.24, 2.45) is 0 Å². The van der Waals surface area contributed by atoms with E-state index >= 15 is 0 Å². The number of methoxy groups -OCH3 is 3. The second-order valence-corrected chi connectivity index (χ2v) is 5.07. The second-order valence-electron chi connectivity index (χ2n) is 5.07. The largest absolute Gasteiger partial charge is 0.504 e. The third kappa shape index (κ3) is 2.62. The highest BCUT2D eigenvalue weighted by Crippen LogP contribution is 2.41. The Morgan fingerprint density at radius 1 is 1.00 bits per heavy atom. The maximum Gasteiger partial charge on any atom is 0.235 e. The highest BCUT2D eigenvalue weighted by Gasteiger charge is 2.32. The zero-order chi connectivity index (χ0) is 17.3. The molecule has 0 amide bonds. The first-order valence-corrected chi connectivity index (χ1v) is 7.14. The summed E-state index contributed by atoms with van der Waals surface area (Å²) in [5.41, 5.74) is 1.02. The lowest BCUT2D eigenvalue weighted by Gasteiger charge is -2.07. The van der Waals surface area contributed by atoms with Crippen molar-refractivity contribution in [3.63, 3.8) is 0 Å². The lowest BCUT2D eigenvalue weighted by atomic mass is 10.1. The summed E-state index contributed by atoms with van der Waals surface area (Å²) in [6, 6.07) is 8.02. The van der Waals surface area contributed by atoms with Crippen LogP contribution in [-0.2, 0) is 0 Å². The number of phenols is 1. The number of ketones is 1. The number of phenolic OH excluding ortho intramolecular Hbond substituents is 1. The molecule has 0 spiro atoms. The Bertz CT molecular complexity index is 838. The number of carbonyl (C=O) groups is 1. The highest BCUT2D eigenvalue weighted by molar-refractivity contribution is 6.16. The summed E-state index contributed by atoms with van der Waals surface area (Å²) >= 11 is 0. The molecule has 2 aromatic rings. The normalized spacial score (nSPS) is 14.3. The van der Waals surface area contributed by atoms with Crippen molar-refractivity contribution in [3.05, 3.63) is 47.2 Å². The molecule has 0 aromatic heterocycles. The number of aromatic hydroxyl groups is 1. The molecule has 0 bridgehead atoms. The molecule has 0 unspecified atom stereocenters. The molecule has 6 nitrogen and oxygen atoms in total. The van der Waals surface area contributed by atoms with Gasteiger partial charge in [-0.15, -0.1) is 0 Å². The molecule has 124 valence electrons. The topological polar surface area (TPSA) is 74.2 Å². The molecule has 1 heterocycles. The van der Waals surface area contributed by atoms with Crippen molar-refractivity contribution in [1.82, 2.24) is 0 Å². The number of hydrogen-bond donors (Lipinski definition) is 1. The maximum absolute atomic E-state index is 12.6. The smallest absolute Gasteiger partial charge is 0.235 e. The van der Waals surface area contributed by atoms with E-state index < -0.39 is 0 Å². The standard InChI is InChI=1S/C18H16O6/c1-21-11-8-14(23-3)17-15(9-11)24-16(18(17)20)7-10-4-5-12(19)13(6-10)22-2/h4-9,19H,1-3H3/b16-7-. The molecule has 1 N–H and O–H groups in total. The van der Waals surface area contributed by atoms with Gasteiger partial charge in [-0.25, -0.2) is 0 Å². The molecule has 3 rings (SSSR count). The molecule has 0 radical (unpaired) electrons. The maximum atomic E-state index is 12.6. The van der Waals surface area contributed by atoms with Crippen LogP contribution in [0.3, 0.4) is 0 Å². The van der Waals surface area contributed by atoms with Crippen LogP contribution in [0.1, 0.15) is 15.9 Å². The number of hydrogen-bond acceptors (Lipinski definition) is 6. The molecule has 0 saturated carbocycles. The molecule has 1 aliphatic rings. The van der Waals surface area contributed by atoms with Crippen molar-refractivity contribution in [2.75, 3.05) is 21.3 Å². The Morgan fingerprint density at radius 2 is 1.75 bits per heavy atom. The quantitative estimate of drug-likeness (QED) is 0.870. The van der Waals surface area contributed by atoms with Gasteiger partial charge in [0, 0.05) is 12.1 Å². The Hall–Kier alpha value is -3.15. The minimum Gasteiger partial charge on any atom is -0.504 e. The van der Waals surface area contributed by atoms with Crippen LogP contribution in [0.15, 0.2) is 36.1 Å². The average molecular weight is 328 g/mol. The van der Waals surface area contributed by atoms with Crippen molar-refractivity contribution < 1.29 is 28.8 Å². The summed E-state index contributed by atoms with van der Waals surface area (Å²) in [5.74, 6) is 1.51. The third-order valence-corrected chi connectivity index (χ3v) is 3.67. The first-order valence-electron chi connectivity index (χ1n) is 7.14. The van der Waals surface area contributed by atoms with Crippen LogP contribution in [-0.4, -0.2) is 32.2 Å². The minimum atomic E-state index is -0.281. The molecule has 0 fully saturated rings. The predicted octanol–water partition coefficient (Wildman–Crippen LogP) is 3.03. The second kappa shape index (κ2) is 6.16. The Labute approximate surface area is 138 Å². The number of allylic oxidation sites excluding steroid dienone is 1. The first kappa shape index (κ1) is 15.7. The zero-order valence-corrected chi connectivity index (χ0v) is 13.5. The Kier molecular flexibility index (Phi) is 4.04. The van der Waals surface area contributed by atoms with Gasteiger partial charge in [-0.2, -0.15) is 0 Å². The summed E-state index contributed by atoms with van der Waals surface area (Å²) in [7, 11) is 4.46. The fourth-order valence-electron chi connectivity index (χ4n) is 2.47. The van der Waals surface area contributed by atoms with Crippen molar-refractivity contribution >= 4 is 11.9 Å². The van der Waals surface area contributed by atoms with Crippen LogP contribution in [0.5, 0.6) is 28.7 Å². The molecule has 24 heavy (non-hydrogen) atoms. The molecule has 0 aliphatic carbocycles. The zero-order valence-electron chi connectivity index (χ0n) is 13.5. The lowest BCUT2D eigenvalue weighted by Crippen LogP contribution is -2.00. The molecule has 6 heteroatoms. The van der Waals surface area contributed by atoms with Gasteiger partial charge in [0.25, 0.3) is 0 Å². The van der Waals surface area contributed by atoms with E-state index in [-0.39, 0.29) is 17.3 Å². The van der Waals surface area contributed by atoms with Gasteiger partial charge in [0.2, 0.25) is 5.78 Å². The SMILES string of the molecule is COc1cc(OC)c2c(c1)O/C(=C\c1ccc(O)c(OC)c1)C2=O.